The Hall–Kier alpha value is -2.80. The van der Waals surface area contributed by atoms with Crippen molar-refractivity contribution in [1.82, 2.24) is 14.9 Å². The molecule has 0 saturated carbocycles. The second kappa shape index (κ2) is 7.55. The van der Waals surface area contributed by atoms with Crippen LogP contribution in [0.15, 0.2) is 57.4 Å². The van der Waals surface area contributed by atoms with E-state index in [1.165, 1.54) is 16.7 Å². The first-order valence-electron chi connectivity index (χ1n) is 10.2. The summed E-state index contributed by atoms with van der Waals surface area (Å²) in [5.74, 6) is 1.91. The summed E-state index contributed by atoms with van der Waals surface area (Å²) >= 11 is 0. The number of ether oxygens (including phenoxy) is 2. The van der Waals surface area contributed by atoms with Crippen LogP contribution >= 0.6 is 0 Å². The zero-order chi connectivity index (χ0) is 19.8. The van der Waals surface area contributed by atoms with Gasteiger partial charge in [0.15, 0.2) is 5.84 Å². The van der Waals surface area contributed by atoms with Gasteiger partial charge in [-0.25, -0.2) is 0 Å². The van der Waals surface area contributed by atoms with Crippen molar-refractivity contribution in [2.24, 2.45) is 10.2 Å². The summed E-state index contributed by atoms with van der Waals surface area (Å²) in [6.45, 7) is 4.15. The third kappa shape index (κ3) is 3.51. The van der Waals surface area contributed by atoms with Crippen molar-refractivity contribution in [3.05, 3.63) is 52.7 Å². The first-order chi connectivity index (χ1) is 14.2. The minimum atomic E-state index is 0.454. The lowest BCUT2D eigenvalue weighted by atomic mass is 10.0. The van der Waals surface area contributed by atoms with Crippen molar-refractivity contribution >= 4 is 12.1 Å². The highest BCUT2D eigenvalue weighted by Gasteiger charge is 2.35. The molecule has 0 bridgehead atoms. The molecule has 0 N–H and O–H groups in total. The maximum absolute atomic E-state index is 5.54. The van der Waals surface area contributed by atoms with Crippen molar-refractivity contribution in [3.63, 3.8) is 0 Å². The number of nitrogens with zero attached hydrogens (tertiary/aromatic N) is 5. The number of hydrogen-bond acceptors (Lipinski definition) is 7. The topological polar surface area (TPSA) is 52.9 Å². The smallest absolute Gasteiger partial charge is 0.157 e. The molecule has 0 spiro atoms. The highest BCUT2D eigenvalue weighted by atomic mass is 16.5. The molecule has 0 atom stereocenters. The first-order valence-corrected chi connectivity index (χ1v) is 10.2. The summed E-state index contributed by atoms with van der Waals surface area (Å²) in [6.07, 6.45) is 6.23. The Kier molecular flexibility index (Phi) is 4.75. The zero-order valence-corrected chi connectivity index (χ0v) is 17.0. The summed E-state index contributed by atoms with van der Waals surface area (Å²) in [5, 5.41) is 14.1. The lowest BCUT2D eigenvalue weighted by Crippen LogP contribution is -2.37. The van der Waals surface area contributed by atoms with Crippen molar-refractivity contribution < 1.29 is 9.47 Å². The molecule has 0 amide bonds. The summed E-state index contributed by atoms with van der Waals surface area (Å²) in [6, 6.07) is 8.60. The summed E-state index contributed by atoms with van der Waals surface area (Å²) < 4.78 is 10.8. The number of amidine groups is 1. The third-order valence-electron chi connectivity index (χ3n) is 5.98. The largest absolute Gasteiger partial charge is 0.497 e. The fourth-order valence-electron chi connectivity index (χ4n) is 4.43. The van der Waals surface area contributed by atoms with Gasteiger partial charge >= 0.3 is 0 Å². The Bertz CT molecular complexity index is 896. The fourth-order valence-corrected chi connectivity index (χ4v) is 4.43. The lowest BCUT2D eigenvalue weighted by molar-refractivity contribution is 0.0383. The highest BCUT2D eigenvalue weighted by molar-refractivity contribution is 6.12. The molecule has 0 aromatic heterocycles. The SMILES string of the molecule is COc1ccc(CN2C=C3C=NN(C4CCOCC4)CC4=C3C(=N2)N(C)C4)cc1. The molecule has 4 aliphatic rings. The molecule has 1 aromatic carbocycles. The van der Waals surface area contributed by atoms with Crippen molar-refractivity contribution in [2.75, 3.05) is 40.5 Å². The number of hydrazone groups is 2. The summed E-state index contributed by atoms with van der Waals surface area (Å²) in [4.78, 5) is 2.25. The van der Waals surface area contributed by atoms with Crippen LogP contribution in [0.3, 0.4) is 0 Å². The van der Waals surface area contributed by atoms with E-state index in [9.17, 15) is 0 Å². The number of likely N-dealkylation sites (N-methyl/N-ethyl adjacent to an activating group) is 1. The van der Waals surface area contributed by atoms with Gasteiger partial charge in [-0.15, -0.1) is 0 Å². The van der Waals surface area contributed by atoms with E-state index in [-0.39, 0.29) is 0 Å². The minimum absolute atomic E-state index is 0.454. The molecule has 5 rings (SSSR count). The third-order valence-corrected chi connectivity index (χ3v) is 5.98. The molecule has 29 heavy (non-hydrogen) atoms. The predicted molar refractivity (Wildman–Crippen MR) is 113 cm³/mol. The first kappa shape index (κ1) is 18.2. The van der Waals surface area contributed by atoms with E-state index in [2.05, 4.69) is 35.3 Å². The molecule has 4 heterocycles. The Morgan fingerprint density at radius 3 is 2.69 bits per heavy atom. The Balaban J connectivity index is 1.42. The molecule has 0 unspecified atom stereocenters. The van der Waals surface area contributed by atoms with Gasteiger partial charge in [-0.3, -0.25) is 10.0 Å². The number of hydrogen-bond donors (Lipinski definition) is 0. The van der Waals surface area contributed by atoms with Crippen LogP contribution in [0, 0.1) is 0 Å². The molecular formula is C22H27N5O2. The van der Waals surface area contributed by atoms with Crippen molar-refractivity contribution in [3.8, 4) is 5.75 Å². The molecule has 152 valence electrons. The Morgan fingerprint density at radius 1 is 1.14 bits per heavy atom. The van der Waals surface area contributed by atoms with Gasteiger partial charge in [0.2, 0.25) is 0 Å². The van der Waals surface area contributed by atoms with Crippen LogP contribution < -0.4 is 4.74 Å². The van der Waals surface area contributed by atoms with Crippen LogP contribution in [-0.2, 0) is 11.3 Å². The van der Waals surface area contributed by atoms with Gasteiger partial charge < -0.3 is 14.4 Å². The molecule has 0 aliphatic carbocycles. The molecule has 0 radical (unpaired) electrons. The van der Waals surface area contributed by atoms with Crippen LogP contribution in [0.2, 0.25) is 0 Å². The molecule has 7 heteroatoms. The van der Waals surface area contributed by atoms with Crippen LogP contribution in [0.5, 0.6) is 5.75 Å². The van der Waals surface area contributed by atoms with E-state index < -0.39 is 0 Å². The molecular weight excluding hydrogens is 366 g/mol. The van der Waals surface area contributed by atoms with Crippen molar-refractivity contribution in [2.45, 2.75) is 25.4 Å². The molecule has 1 saturated heterocycles. The second-order valence-corrected chi connectivity index (χ2v) is 7.97. The van der Waals surface area contributed by atoms with Crippen LogP contribution in [0.1, 0.15) is 18.4 Å². The van der Waals surface area contributed by atoms with Crippen LogP contribution in [0.25, 0.3) is 0 Å². The van der Waals surface area contributed by atoms with Gasteiger partial charge in [0.1, 0.15) is 5.75 Å². The standard InChI is InChI=1S/C22H27N5O2/c1-25-13-18-15-27(19-7-9-29-10-8-19)23-11-17-14-26(24-22(25)21(17)18)12-16-3-5-20(28-2)6-4-16/h3-6,11,14,19H,7-10,12-13,15H2,1-2H3. The van der Waals surface area contributed by atoms with Crippen molar-refractivity contribution in [1.29, 1.82) is 0 Å². The van der Waals surface area contributed by atoms with E-state index in [0.717, 1.165) is 56.3 Å². The maximum Gasteiger partial charge on any atom is 0.157 e. The minimum Gasteiger partial charge on any atom is -0.497 e. The van der Waals surface area contributed by atoms with Crippen LogP contribution in [-0.4, -0.2) is 73.5 Å². The quantitative estimate of drug-likeness (QED) is 0.787. The van der Waals surface area contributed by atoms with E-state index in [4.69, 9.17) is 19.7 Å². The number of methoxy groups -OCH3 is 1. The average molecular weight is 393 g/mol. The van der Waals surface area contributed by atoms with Gasteiger partial charge in [-0.2, -0.15) is 10.2 Å². The monoisotopic (exact) mass is 393 g/mol. The Labute approximate surface area is 171 Å². The van der Waals surface area contributed by atoms with E-state index >= 15 is 0 Å². The van der Waals surface area contributed by atoms with Gasteiger partial charge in [0, 0.05) is 44.2 Å². The van der Waals surface area contributed by atoms with Gasteiger partial charge in [0.25, 0.3) is 0 Å². The Morgan fingerprint density at radius 2 is 1.93 bits per heavy atom. The number of rotatable bonds is 4. The average Bonchev–Trinajstić information content (AvgIpc) is 2.95. The molecule has 7 nitrogen and oxygen atoms in total. The molecule has 1 fully saturated rings. The maximum atomic E-state index is 5.54. The van der Waals surface area contributed by atoms with E-state index in [0.29, 0.717) is 12.6 Å². The summed E-state index contributed by atoms with van der Waals surface area (Å²) in [5.41, 5.74) is 5.01. The van der Waals surface area contributed by atoms with Crippen LogP contribution in [0.4, 0.5) is 0 Å². The normalized spacial score (nSPS) is 21.8. The van der Waals surface area contributed by atoms with Gasteiger partial charge in [-0.1, -0.05) is 12.1 Å². The molecule has 1 aromatic rings. The van der Waals surface area contributed by atoms with Gasteiger partial charge in [0.05, 0.1) is 32.5 Å². The fraction of sp³-hybridized carbons (Fsp3) is 0.455. The number of benzene rings is 1. The van der Waals surface area contributed by atoms with Gasteiger partial charge in [-0.05, 0) is 36.1 Å². The molecule has 4 aliphatic heterocycles. The highest BCUT2D eigenvalue weighted by Crippen LogP contribution is 2.33. The summed E-state index contributed by atoms with van der Waals surface area (Å²) in [7, 11) is 3.81. The zero-order valence-electron chi connectivity index (χ0n) is 17.0. The van der Waals surface area contributed by atoms with E-state index in [1.807, 2.05) is 23.4 Å². The lowest BCUT2D eigenvalue weighted by Gasteiger charge is -2.32. The predicted octanol–water partition coefficient (Wildman–Crippen LogP) is 2.43. The van der Waals surface area contributed by atoms with E-state index in [1.54, 1.807) is 7.11 Å². The second-order valence-electron chi connectivity index (χ2n) is 7.97.